The third kappa shape index (κ3) is 2.79. The maximum Gasteiger partial charge on any atom is 0.249 e. The van der Waals surface area contributed by atoms with Crippen molar-refractivity contribution in [2.24, 2.45) is 0 Å². The maximum atomic E-state index is 5.43. The summed E-state index contributed by atoms with van der Waals surface area (Å²) in [5.74, 6) is 1.87. The fraction of sp³-hybridized carbons (Fsp3) is 0.278. The van der Waals surface area contributed by atoms with Gasteiger partial charge in [0.1, 0.15) is 11.9 Å². The summed E-state index contributed by atoms with van der Waals surface area (Å²) in [4.78, 5) is 13.1. The minimum atomic E-state index is -0.187. The van der Waals surface area contributed by atoms with Crippen LogP contribution in [0.2, 0.25) is 0 Å². The van der Waals surface area contributed by atoms with Gasteiger partial charge in [-0.15, -0.1) is 0 Å². The lowest BCUT2D eigenvalue weighted by molar-refractivity contribution is 0.367. The molecule has 0 spiro atoms. The molecule has 4 aromatic rings. The van der Waals surface area contributed by atoms with Crippen LogP contribution in [0.25, 0.3) is 17.0 Å². The van der Waals surface area contributed by atoms with Gasteiger partial charge in [0.2, 0.25) is 11.7 Å². The summed E-state index contributed by atoms with van der Waals surface area (Å²) in [6, 6.07) is 5.46. The lowest BCUT2D eigenvalue weighted by Crippen LogP contribution is -2.11. The molecule has 0 amide bonds. The van der Waals surface area contributed by atoms with Crippen molar-refractivity contribution in [1.82, 2.24) is 29.7 Å². The topological polar surface area (TPSA) is 94.0 Å². The molecule has 1 atom stereocenters. The minimum absolute atomic E-state index is 0.187. The average Bonchev–Trinajstić information content (AvgIpc) is 3.23. The van der Waals surface area contributed by atoms with Gasteiger partial charge in [0.15, 0.2) is 5.65 Å². The largest absolute Gasteiger partial charge is 0.358 e. The van der Waals surface area contributed by atoms with E-state index in [9.17, 15) is 0 Å². The molecule has 8 heteroatoms. The Balaban J connectivity index is 1.65. The summed E-state index contributed by atoms with van der Waals surface area (Å²) in [6.07, 6.45) is 3.40. The molecule has 4 heterocycles. The normalized spacial score (nSPS) is 12.5. The van der Waals surface area contributed by atoms with Gasteiger partial charge in [-0.05, 0) is 39.8 Å². The van der Waals surface area contributed by atoms with Crippen LogP contribution >= 0.6 is 0 Å². The average molecular weight is 349 g/mol. The Labute approximate surface area is 150 Å². The predicted molar refractivity (Wildman–Crippen MR) is 96.8 cm³/mol. The van der Waals surface area contributed by atoms with E-state index in [1.807, 2.05) is 50.4 Å². The van der Waals surface area contributed by atoms with Crippen LogP contribution in [0, 0.1) is 20.8 Å². The highest BCUT2D eigenvalue weighted by molar-refractivity contribution is 5.56. The second-order valence-electron chi connectivity index (χ2n) is 6.29. The zero-order valence-corrected chi connectivity index (χ0v) is 15.1. The standard InChI is InChI=1S/C18H19N7O/c1-10-9-15(25-17(20-10)11(2)12(3)23-25)21-13(4)18-22-16(24-26-18)14-5-7-19-8-6-14/h5-9,13,21H,1-4H3. The molecular formula is C18H19N7O. The lowest BCUT2D eigenvalue weighted by Gasteiger charge is -2.13. The third-order valence-corrected chi connectivity index (χ3v) is 4.30. The van der Waals surface area contributed by atoms with Gasteiger partial charge >= 0.3 is 0 Å². The van der Waals surface area contributed by atoms with Crippen molar-refractivity contribution in [3.05, 3.63) is 53.4 Å². The number of aromatic nitrogens is 6. The van der Waals surface area contributed by atoms with E-state index in [1.165, 1.54) is 0 Å². The smallest absolute Gasteiger partial charge is 0.249 e. The Morgan fingerprint density at radius 1 is 1.12 bits per heavy atom. The molecule has 0 radical (unpaired) electrons. The number of fused-ring (bicyclic) bond motifs is 1. The van der Waals surface area contributed by atoms with Crippen molar-refractivity contribution in [2.45, 2.75) is 33.7 Å². The second-order valence-corrected chi connectivity index (χ2v) is 6.29. The highest BCUT2D eigenvalue weighted by atomic mass is 16.5. The first-order valence-electron chi connectivity index (χ1n) is 8.37. The Hall–Kier alpha value is -3.29. The van der Waals surface area contributed by atoms with Crippen molar-refractivity contribution in [2.75, 3.05) is 5.32 Å². The van der Waals surface area contributed by atoms with E-state index in [2.05, 4.69) is 30.5 Å². The maximum absolute atomic E-state index is 5.43. The molecular weight excluding hydrogens is 330 g/mol. The number of hydrogen-bond donors (Lipinski definition) is 1. The lowest BCUT2D eigenvalue weighted by atomic mass is 10.2. The summed E-state index contributed by atoms with van der Waals surface area (Å²) in [5.41, 5.74) is 4.65. The van der Waals surface area contributed by atoms with Gasteiger partial charge in [-0.25, -0.2) is 4.98 Å². The number of nitrogens with one attached hydrogen (secondary N) is 1. The SMILES string of the molecule is Cc1cc(NC(C)c2nc(-c3ccncc3)no2)n2nc(C)c(C)c2n1. The van der Waals surface area contributed by atoms with E-state index >= 15 is 0 Å². The van der Waals surface area contributed by atoms with Crippen molar-refractivity contribution in [3.8, 4) is 11.4 Å². The fourth-order valence-corrected chi connectivity index (χ4v) is 2.77. The summed E-state index contributed by atoms with van der Waals surface area (Å²) in [7, 11) is 0. The van der Waals surface area contributed by atoms with Crippen LogP contribution < -0.4 is 5.32 Å². The van der Waals surface area contributed by atoms with Crippen molar-refractivity contribution in [3.63, 3.8) is 0 Å². The Morgan fingerprint density at radius 3 is 2.65 bits per heavy atom. The predicted octanol–water partition coefficient (Wildman–Crippen LogP) is 3.27. The first-order chi connectivity index (χ1) is 12.5. The molecule has 0 aliphatic carbocycles. The molecule has 0 saturated heterocycles. The van der Waals surface area contributed by atoms with E-state index in [4.69, 9.17) is 4.52 Å². The Bertz CT molecular complexity index is 1070. The van der Waals surface area contributed by atoms with Crippen LogP contribution in [0.4, 0.5) is 5.82 Å². The van der Waals surface area contributed by atoms with Crippen LogP contribution in [0.1, 0.15) is 35.8 Å². The molecule has 132 valence electrons. The highest BCUT2D eigenvalue weighted by Gasteiger charge is 2.18. The van der Waals surface area contributed by atoms with Gasteiger partial charge < -0.3 is 9.84 Å². The van der Waals surface area contributed by atoms with Crippen molar-refractivity contribution in [1.29, 1.82) is 0 Å². The molecule has 1 unspecified atom stereocenters. The quantitative estimate of drug-likeness (QED) is 0.604. The molecule has 0 bridgehead atoms. The number of anilines is 1. The first kappa shape index (κ1) is 16.2. The number of pyridine rings is 1. The molecule has 0 aliphatic heterocycles. The molecule has 26 heavy (non-hydrogen) atoms. The van der Waals surface area contributed by atoms with Crippen molar-refractivity contribution < 1.29 is 4.52 Å². The monoisotopic (exact) mass is 349 g/mol. The number of rotatable bonds is 4. The first-order valence-corrected chi connectivity index (χ1v) is 8.37. The molecule has 4 aromatic heterocycles. The van der Waals surface area contributed by atoms with E-state index in [0.717, 1.165) is 34.0 Å². The molecule has 0 aromatic carbocycles. The fourth-order valence-electron chi connectivity index (χ4n) is 2.77. The molecule has 4 rings (SSSR count). The van der Waals surface area contributed by atoms with Gasteiger partial charge in [-0.3, -0.25) is 4.98 Å². The van der Waals surface area contributed by atoms with E-state index in [1.54, 1.807) is 12.4 Å². The van der Waals surface area contributed by atoms with Gasteiger partial charge in [-0.1, -0.05) is 5.16 Å². The summed E-state index contributed by atoms with van der Waals surface area (Å²) in [6.45, 7) is 7.93. The summed E-state index contributed by atoms with van der Waals surface area (Å²) < 4.78 is 7.25. The zero-order chi connectivity index (χ0) is 18.3. The van der Waals surface area contributed by atoms with Crippen LogP contribution in [-0.2, 0) is 0 Å². The Morgan fingerprint density at radius 2 is 1.88 bits per heavy atom. The van der Waals surface area contributed by atoms with Gasteiger partial charge in [-0.2, -0.15) is 14.6 Å². The van der Waals surface area contributed by atoms with E-state index in [-0.39, 0.29) is 6.04 Å². The Kier molecular flexibility index (Phi) is 3.87. The van der Waals surface area contributed by atoms with Crippen LogP contribution in [0.5, 0.6) is 0 Å². The second kappa shape index (κ2) is 6.21. The van der Waals surface area contributed by atoms with Crippen LogP contribution in [-0.4, -0.2) is 29.7 Å². The number of nitrogens with zero attached hydrogens (tertiary/aromatic N) is 6. The van der Waals surface area contributed by atoms with Crippen molar-refractivity contribution >= 4 is 11.5 Å². The molecule has 8 nitrogen and oxygen atoms in total. The molecule has 0 aliphatic rings. The van der Waals surface area contributed by atoms with Crippen LogP contribution in [0.3, 0.4) is 0 Å². The zero-order valence-electron chi connectivity index (χ0n) is 15.1. The number of aryl methyl sites for hydroxylation is 3. The van der Waals surface area contributed by atoms with Gasteiger partial charge in [0, 0.05) is 35.3 Å². The molecule has 0 saturated carbocycles. The minimum Gasteiger partial charge on any atom is -0.358 e. The van der Waals surface area contributed by atoms with Gasteiger partial charge in [0.25, 0.3) is 0 Å². The number of hydrogen-bond acceptors (Lipinski definition) is 7. The van der Waals surface area contributed by atoms with Gasteiger partial charge in [0.05, 0.1) is 5.69 Å². The molecule has 1 N–H and O–H groups in total. The third-order valence-electron chi connectivity index (χ3n) is 4.30. The van der Waals surface area contributed by atoms with Crippen LogP contribution in [0.15, 0.2) is 35.1 Å². The van der Waals surface area contributed by atoms with E-state index < -0.39 is 0 Å². The van der Waals surface area contributed by atoms with E-state index in [0.29, 0.717) is 11.7 Å². The highest BCUT2D eigenvalue weighted by Crippen LogP contribution is 2.23. The summed E-state index contributed by atoms with van der Waals surface area (Å²) >= 11 is 0. The molecule has 0 fully saturated rings. The summed E-state index contributed by atoms with van der Waals surface area (Å²) in [5, 5.41) is 12.0.